The van der Waals surface area contributed by atoms with Crippen LogP contribution in [0, 0.1) is 5.92 Å². The molecule has 0 aromatic heterocycles. The normalized spacial score (nSPS) is 26.5. The molecule has 1 aliphatic carbocycles. The number of nitrogens with zero attached hydrogens (tertiary/aromatic N) is 1. The second kappa shape index (κ2) is 8.06. The van der Waals surface area contributed by atoms with Gasteiger partial charge in [-0.05, 0) is 39.7 Å². The average Bonchev–Trinajstić information content (AvgIpc) is 2.53. The molecule has 0 bridgehead atoms. The minimum absolute atomic E-state index is 0.273. The Balaban J connectivity index is 2.54. The molecule has 1 saturated carbocycles. The predicted octanol–water partition coefficient (Wildman–Crippen LogP) is 1.86. The molecular formula is C14H30N2O. The highest BCUT2D eigenvalue weighted by atomic mass is 16.3. The molecule has 1 aliphatic rings. The van der Waals surface area contributed by atoms with Gasteiger partial charge in [0.1, 0.15) is 0 Å². The largest absolute Gasteiger partial charge is 0.395 e. The van der Waals surface area contributed by atoms with E-state index in [0.29, 0.717) is 12.1 Å². The standard InChI is InChI=1S/C14H30N2O/c1-12(2)16(9-10-17)11-13-7-5-4-6-8-14(13)15-3/h12-15,17H,4-11H2,1-3H3. The highest BCUT2D eigenvalue weighted by Gasteiger charge is 2.25. The van der Waals surface area contributed by atoms with Crippen molar-refractivity contribution < 1.29 is 5.11 Å². The van der Waals surface area contributed by atoms with Gasteiger partial charge in [0.15, 0.2) is 0 Å². The summed E-state index contributed by atoms with van der Waals surface area (Å²) in [5.74, 6) is 0.747. The first kappa shape index (κ1) is 14.9. The third-order valence-electron chi connectivity index (χ3n) is 4.12. The topological polar surface area (TPSA) is 35.5 Å². The molecule has 17 heavy (non-hydrogen) atoms. The third kappa shape index (κ3) is 4.94. The fourth-order valence-electron chi connectivity index (χ4n) is 2.97. The lowest BCUT2D eigenvalue weighted by molar-refractivity contribution is 0.130. The molecule has 0 aromatic rings. The number of aliphatic hydroxyl groups is 1. The van der Waals surface area contributed by atoms with Crippen molar-refractivity contribution >= 4 is 0 Å². The summed E-state index contributed by atoms with van der Waals surface area (Å²) >= 11 is 0. The molecule has 3 nitrogen and oxygen atoms in total. The lowest BCUT2D eigenvalue weighted by Gasteiger charge is -2.33. The van der Waals surface area contributed by atoms with Gasteiger partial charge in [-0.25, -0.2) is 0 Å². The van der Waals surface area contributed by atoms with Crippen LogP contribution >= 0.6 is 0 Å². The molecule has 0 saturated heterocycles. The van der Waals surface area contributed by atoms with Crippen LogP contribution in [-0.4, -0.2) is 48.8 Å². The van der Waals surface area contributed by atoms with Crippen LogP contribution in [0.5, 0.6) is 0 Å². The zero-order chi connectivity index (χ0) is 12.7. The van der Waals surface area contributed by atoms with E-state index >= 15 is 0 Å². The molecule has 0 amide bonds. The third-order valence-corrected chi connectivity index (χ3v) is 4.12. The summed E-state index contributed by atoms with van der Waals surface area (Å²) < 4.78 is 0. The Morgan fingerprint density at radius 2 is 1.94 bits per heavy atom. The van der Waals surface area contributed by atoms with Crippen molar-refractivity contribution in [2.24, 2.45) is 5.92 Å². The Bertz CT molecular complexity index is 197. The van der Waals surface area contributed by atoms with E-state index in [0.717, 1.165) is 19.0 Å². The summed E-state index contributed by atoms with van der Waals surface area (Å²) in [5, 5.41) is 12.6. The Labute approximate surface area is 107 Å². The maximum atomic E-state index is 9.14. The number of rotatable bonds is 6. The fourth-order valence-corrected chi connectivity index (χ4v) is 2.97. The molecule has 0 aromatic carbocycles. The first-order valence-corrected chi connectivity index (χ1v) is 7.21. The quantitative estimate of drug-likeness (QED) is 0.698. The molecule has 1 rings (SSSR count). The first-order chi connectivity index (χ1) is 8.19. The second-order valence-electron chi connectivity index (χ2n) is 5.61. The Morgan fingerprint density at radius 1 is 1.24 bits per heavy atom. The average molecular weight is 242 g/mol. The molecule has 2 unspecified atom stereocenters. The summed E-state index contributed by atoms with van der Waals surface area (Å²) in [6.07, 6.45) is 6.76. The van der Waals surface area contributed by atoms with Crippen LogP contribution in [0.1, 0.15) is 46.0 Å². The molecule has 2 N–H and O–H groups in total. The van der Waals surface area contributed by atoms with E-state index in [1.165, 1.54) is 32.1 Å². The molecule has 0 spiro atoms. The van der Waals surface area contributed by atoms with Crippen LogP contribution < -0.4 is 5.32 Å². The Kier molecular flexibility index (Phi) is 7.09. The molecule has 0 aliphatic heterocycles. The molecule has 3 heteroatoms. The number of hydrogen-bond acceptors (Lipinski definition) is 3. The van der Waals surface area contributed by atoms with Crippen LogP contribution in [0.15, 0.2) is 0 Å². The number of nitrogens with one attached hydrogen (secondary N) is 1. The molecular weight excluding hydrogens is 212 g/mol. The van der Waals surface area contributed by atoms with Gasteiger partial charge in [-0.15, -0.1) is 0 Å². The minimum atomic E-state index is 0.273. The van der Waals surface area contributed by atoms with Crippen LogP contribution in [0.3, 0.4) is 0 Å². The van der Waals surface area contributed by atoms with Gasteiger partial charge in [0, 0.05) is 25.2 Å². The predicted molar refractivity (Wildman–Crippen MR) is 73.2 cm³/mol. The van der Waals surface area contributed by atoms with E-state index in [9.17, 15) is 0 Å². The van der Waals surface area contributed by atoms with Gasteiger partial charge >= 0.3 is 0 Å². The van der Waals surface area contributed by atoms with Crippen molar-refractivity contribution in [3.05, 3.63) is 0 Å². The van der Waals surface area contributed by atoms with E-state index in [1.54, 1.807) is 0 Å². The van der Waals surface area contributed by atoms with E-state index in [-0.39, 0.29) is 6.61 Å². The monoisotopic (exact) mass is 242 g/mol. The highest BCUT2D eigenvalue weighted by molar-refractivity contribution is 4.81. The lowest BCUT2D eigenvalue weighted by atomic mass is 9.94. The Morgan fingerprint density at radius 3 is 2.53 bits per heavy atom. The Hall–Kier alpha value is -0.120. The van der Waals surface area contributed by atoms with Gasteiger partial charge in [0.2, 0.25) is 0 Å². The van der Waals surface area contributed by atoms with Gasteiger partial charge in [-0.2, -0.15) is 0 Å². The summed E-state index contributed by atoms with van der Waals surface area (Å²) in [5.41, 5.74) is 0. The van der Waals surface area contributed by atoms with Gasteiger partial charge in [-0.1, -0.05) is 19.3 Å². The van der Waals surface area contributed by atoms with E-state index in [4.69, 9.17) is 5.11 Å². The molecule has 0 heterocycles. The van der Waals surface area contributed by atoms with Crippen molar-refractivity contribution in [3.8, 4) is 0 Å². The molecule has 0 radical (unpaired) electrons. The van der Waals surface area contributed by atoms with Crippen molar-refractivity contribution in [2.45, 2.75) is 58.0 Å². The highest BCUT2D eigenvalue weighted by Crippen LogP contribution is 2.24. The van der Waals surface area contributed by atoms with Gasteiger partial charge < -0.3 is 10.4 Å². The molecule has 1 fully saturated rings. The van der Waals surface area contributed by atoms with Crippen LogP contribution in [0.25, 0.3) is 0 Å². The summed E-state index contributed by atoms with van der Waals surface area (Å²) in [4.78, 5) is 2.42. The summed E-state index contributed by atoms with van der Waals surface area (Å²) in [7, 11) is 2.09. The van der Waals surface area contributed by atoms with E-state index in [1.807, 2.05) is 0 Å². The van der Waals surface area contributed by atoms with E-state index in [2.05, 4.69) is 31.1 Å². The van der Waals surface area contributed by atoms with Crippen LogP contribution in [0.2, 0.25) is 0 Å². The second-order valence-corrected chi connectivity index (χ2v) is 5.61. The summed E-state index contributed by atoms with van der Waals surface area (Å²) in [6, 6.07) is 1.19. The maximum Gasteiger partial charge on any atom is 0.0558 e. The summed E-state index contributed by atoms with van der Waals surface area (Å²) in [6.45, 7) is 6.66. The first-order valence-electron chi connectivity index (χ1n) is 7.21. The SMILES string of the molecule is CNC1CCCCCC1CN(CCO)C(C)C. The number of aliphatic hydroxyl groups excluding tert-OH is 1. The van der Waals surface area contributed by atoms with Crippen molar-refractivity contribution in [2.75, 3.05) is 26.7 Å². The fraction of sp³-hybridized carbons (Fsp3) is 1.00. The smallest absolute Gasteiger partial charge is 0.0558 e. The zero-order valence-electron chi connectivity index (χ0n) is 11.8. The van der Waals surface area contributed by atoms with Crippen LogP contribution in [0.4, 0.5) is 0 Å². The van der Waals surface area contributed by atoms with Crippen molar-refractivity contribution in [1.29, 1.82) is 0 Å². The molecule has 2 atom stereocenters. The van der Waals surface area contributed by atoms with Crippen molar-refractivity contribution in [3.63, 3.8) is 0 Å². The molecule has 102 valence electrons. The van der Waals surface area contributed by atoms with Crippen molar-refractivity contribution in [1.82, 2.24) is 10.2 Å². The van der Waals surface area contributed by atoms with Crippen LogP contribution in [-0.2, 0) is 0 Å². The minimum Gasteiger partial charge on any atom is -0.395 e. The maximum absolute atomic E-state index is 9.14. The number of hydrogen-bond donors (Lipinski definition) is 2. The van der Waals surface area contributed by atoms with Gasteiger partial charge in [-0.3, -0.25) is 4.90 Å². The van der Waals surface area contributed by atoms with Gasteiger partial charge in [0.05, 0.1) is 6.61 Å². The lowest BCUT2D eigenvalue weighted by Crippen LogP contribution is -2.43. The van der Waals surface area contributed by atoms with Gasteiger partial charge in [0.25, 0.3) is 0 Å². The van der Waals surface area contributed by atoms with E-state index < -0.39 is 0 Å². The zero-order valence-corrected chi connectivity index (χ0v) is 11.8.